The van der Waals surface area contributed by atoms with Crippen LogP contribution in [0.25, 0.3) is 11.5 Å². The van der Waals surface area contributed by atoms with Crippen LogP contribution < -0.4 is 0 Å². The van der Waals surface area contributed by atoms with E-state index in [1.54, 1.807) is 0 Å². The third kappa shape index (κ3) is 4.56. The van der Waals surface area contributed by atoms with E-state index in [1.807, 2.05) is 0 Å². The average Bonchev–Trinajstić information content (AvgIpc) is 3.11. The van der Waals surface area contributed by atoms with Gasteiger partial charge in [-0.2, -0.15) is 4.98 Å². The maximum Gasteiger partial charge on any atom is 0.331 e. The Bertz CT molecular complexity index is 871. The number of allylic oxidation sites excluding steroid dienone is 1. The van der Waals surface area contributed by atoms with Crippen LogP contribution in [0.4, 0.5) is 0 Å². The first-order valence-electron chi connectivity index (χ1n) is 8.57. The molecule has 2 aromatic rings. The third-order valence-electron chi connectivity index (χ3n) is 4.41. The van der Waals surface area contributed by atoms with Crippen LogP contribution >= 0.6 is 0 Å². The van der Waals surface area contributed by atoms with Crippen molar-refractivity contribution in [3.8, 4) is 17.3 Å². The van der Waals surface area contributed by atoms with E-state index in [0.29, 0.717) is 24.1 Å². The van der Waals surface area contributed by atoms with Gasteiger partial charge in [-0.05, 0) is 37.8 Å². The highest BCUT2D eigenvalue weighted by Gasteiger charge is 2.25. The number of carbonyl (C=O) groups is 2. The molecule has 9 heteroatoms. The molecule has 0 fully saturated rings. The number of carboxylic acids is 1. The molecule has 27 heavy (non-hydrogen) atoms. The predicted molar refractivity (Wildman–Crippen MR) is 91.7 cm³/mol. The van der Waals surface area contributed by atoms with Gasteiger partial charge in [-0.25, -0.2) is 9.78 Å². The zero-order chi connectivity index (χ0) is 19.4. The van der Waals surface area contributed by atoms with E-state index in [1.165, 1.54) is 18.3 Å². The van der Waals surface area contributed by atoms with Crippen LogP contribution in [0.5, 0.6) is 5.75 Å². The molecule has 1 unspecified atom stereocenters. The van der Waals surface area contributed by atoms with Crippen LogP contribution in [0.3, 0.4) is 0 Å². The number of rotatable bonds is 7. The first-order valence-corrected chi connectivity index (χ1v) is 8.57. The molecule has 0 bridgehead atoms. The maximum absolute atomic E-state index is 12.3. The first-order chi connectivity index (χ1) is 12.9. The van der Waals surface area contributed by atoms with E-state index in [9.17, 15) is 24.9 Å². The fourth-order valence-electron chi connectivity index (χ4n) is 2.99. The topological polar surface area (TPSA) is 147 Å². The molecule has 3 rings (SSSR count). The van der Waals surface area contributed by atoms with Gasteiger partial charge in [0.15, 0.2) is 5.78 Å². The Labute approximate surface area is 154 Å². The van der Waals surface area contributed by atoms with Gasteiger partial charge in [0.05, 0.1) is 12.6 Å². The second kappa shape index (κ2) is 8.09. The van der Waals surface area contributed by atoms with E-state index in [-0.39, 0.29) is 35.9 Å². The van der Waals surface area contributed by atoms with Crippen LogP contribution in [0, 0.1) is 0 Å². The minimum absolute atomic E-state index is 0.00114. The highest BCUT2D eigenvalue weighted by Crippen LogP contribution is 2.28. The van der Waals surface area contributed by atoms with Gasteiger partial charge in [0.1, 0.15) is 17.5 Å². The first kappa shape index (κ1) is 18.7. The summed E-state index contributed by atoms with van der Waals surface area (Å²) < 4.78 is 5.04. The normalized spacial score (nSPS) is 15.6. The lowest BCUT2D eigenvalue weighted by molar-refractivity contribution is -0.133. The average molecular weight is 373 g/mol. The van der Waals surface area contributed by atoms with Gasteiger partial charge in [0.2, 0.25) is 11.7 Å². The summed E-state index contributed by atoms with van der Waals surface area (Å²) >= 11 is 0. The Balaban J connectivity index is 1.65. The number of aromatic nitrogens is 3. The van der Waals surface area contributed by atoms with E-state index < -0.39 is 17.9 Å². The van der Waals surface area contributed by atoms with Crippen molar-refractivity contribution in [2.24, 2.45) is 0 Å². The Hall–Kier alpha value is -3.07. The standard InChI is InChI=1S/C18H19N3O6/c22-11-5-6-13(19-9-11)17-20-16(27-21-17)8-15(24)14(23)7-10-3-1-2-4-12(10)18(25)26/h5-6,9,15,22,24H,1-4,7-8H2,(H,25,26). The monoisotopic (exact) mass is 373 g/mol. The second-order valence-electron chi connectivity index (χ2n) is 6.37. The molecule has 0 aliphatic heterocycles. The number of aliphatic hydroxyl groups is 1. The molecule has 142 valence electrons. The van der Waals surface area contributed by atoms with Gasteiger partial charge < -0.3 is 19.8 Å². The summed E-state index contributed by atoms with van der Waals surface area (Å²) in [6, 6.07) is 2.93. The molecule has 2 aromatic heterocycles. The number of carbonyl (C=O) groups excluding carboxylic acids is 1. The van der Waals surface area contributed by atoms with Crippen molar-refractivity contribution < 1.29 is 29.4 Å². The van der Waals surface area contributed by atoms with Crippen LogP contribution in [0.1, 0.15) is 38.0 Å². The molecule has 1 aliphatic rings. The molecule has 0 spiro atoms. The van der Waals surface area contributed by atoms with Gasteiger partial charge in [-0.1, -0.05) is 10.7 Å². The predicted octanol–water partition coefficient (Wildman–Crippen LogP) is 1.66. The van der Waals surface area contributed by atoms with Gasteiger partial charge in [0, 0.05) is 12.0 Å². The lowest BCUT2D eigenvalue weighted by Crippen LogP contribution is -2.24. The summed E-state index contributed by atoms with van der Waals surface area (Å²) in [6.45, 7) is 0. The van der Waals surface area contributed by atoms with Crippen LogP contribution in [-0.4, -0.2) is 48.3 Å². The smallest absolute Gasteiger partial charge is 0.331 e. The molecular weight excluding hydrogens is 354 g/mol. The molecule has 2 heterocycles. The largest absolute Gasteiger partial charge is 0.506 e. The Kier molecular flexibility index (Phi) is 5.60. The molecule has 0 saturated heterocycles. The molecule has 0 saturated carbocycles. The molecule has 9 nitrogen and oxygen atoms in total. The highest BCUT2D eigenvalue weighted by molar-refractivity contribution is 5.91. The number of pyridine rings is 1. The fourth-order valence-corrected chi connectivity index (χ4v) is 2.99. The summed E-state index contributed by atoms with van der Waals surface area (Å²) in [5, 5.41) is 32.4. The summed E-state index contributed by atoms with van der Waals surface area (Å²) in [6.07, 6.45) is 2.23. The maximum atomic E-state index is 12.3. The second-order valence-corrected chi connectivity index (χ2v) is 6.37. The third-order valence-corrected chi connectivity index (χ3v) is 4.41. The Morgan fingerprint density at radius 1 is 1.22 bits per heavy atom. The number of nitrogens with zero attached hydrogens (tertiary/aromatic N) is 3. The van der Waals surface area contributed by atoms with Crippen molar-refractivity contribution in [2.45, 2.75) is 44.6 Å². The lowest BCUT2D eigenvalue weighted by Gasteiger charge is -2.18. The van der Waals surface area contributed by atoms with Crippen molar-refractivity contribution in [1.82, 2.24) is 15.1 Å². The summed E-state index contributed by atoms with van der Waals surface area (Å²) in [5.74, 6) is -1.24. The summed E-state index contributed by atoms with van der Waals surface area (Å²) in [4.78, 5) is 31.6. The van der Waals surface area contributed by atoms with Crippen molar-refractivity contribution >= 4 is 11.8 Å². The molecule has 3 N–H and O–H groups in total. The number of aromatic hydroxyl groups is 1. The van der Waals surface area contributed by atoms with Gasteiger partial charge in [-0.15, -0.1) is 0 Å². The minimum Gasteiger partial charge on any atom is -0.506 e. The van der Waals surface area contributed by atoms with Crippen molar-refractivity contribution in [3.63, 3.8) is 0 Å². The molecule has 1 atom stereocenters. The van der Waals surface area contributed by atoms with Gasteiger partial charge in [0.25, 0.3) is 0 Å². The van der Waals surface area contributed by atoms with Crippen LogP contribution in [0.2, 0.25) is 0 Å². The van der Waals surface area contributed by atoms with E-state index in [4.69, 9.17) is 4.52 Å². The number of ketones is 1. The lowest BCUT2D eigenvalue weighted by atomic mass is 9.88. The quantitative estimate of drug-likeness (QED) is 0.659. The van der Waals surface area contributed by atoms with E-state index in [0.717, 1.165) is 12.8 Å². The van der Waals surface area contributed by atoms with Crippen LogP contribution in [0.15, 0.2) is 34.0 Å². The van der Waals surface area contributed by atoms with Crippen molar-refractivity contribution in [3.05, 3.63) is 35.4 Å². The van der Waals surface area contributed by atoms with Crippen molar-refractivity contribution in [1.29, 1.82) is 0 Å². The SMILES string of the molecule is O=C(O)C1=C(CC(=O)C(O)Cc2nc(-c3ccc(O)cn3)no2)CCCC1. The molecule has 1 aliphatic carbocycles. The number of hydrogen-bond donors (Lipinski definition) is 3. The summed E-state index contributed by atoms with van der Waals surface area (Å²) in [5.41, 5.74) is 1.24. The van der Waals surface area contributed by atoms with Crippen molar-refractivity contribution in [2.75, 3.05) is 0 Å². The zero-order valence-electron chi connectivity index (χ0n) is 14.5. The number of carboxylic acid groups (broad SMARTS) is 1. The van der Waals surface area contributed by atoms with E-state index >= 15 is 0 Å². The van der Waals surface area contributed by atoms with Gasteiger partial charge >= 0.3 is 5.97 Å². The summed E-state index contributed by atoms with van der Waals surface area (Å²) in [7, 11) is 0. The fraction of sp³-hybridized carbons (Fsp3) is 0.389. The number of aliphatic carboxylic acids is 1. The molecule has 0 aromatic carbocycles. The Morgan fingerprint density at radius 3 is 2.70 bits per heavy atom. The minimum atomic E-state index is -1.37. The molecule has 0 radical (unpaired) electrons. The number of aliphatic hydroxyl groups excluding tert-OH is 1. The zero-order valence-corrected chi connectivity index (χ0v) is 14.5. The van der Waals surface area contributed by atoms with Crippen LogP contribution in [-0.2, 0) is 16.0 Å². The van der Waals surface area contributed by atoms with E-state index in [2.05, 4.69) is 15.1 Å². The highest BCUT2D eigenvalue weighted by atomic mass is 16.5. The number of hydrogen-bond acceptors (Lipinski definition) is 8. The molecular formula is C18H19N3O6. The Morgan fingerprint density at radius 2 is 2.00 bits per heavy atom. The van der Waals surface area contributed by atoms with Gasteiger partial charge in [-0.3, -0.25) is 4.79 Å². The number of Topliss-reactive ketones (excluding diaryl/α,β-unsaturated/α-hetero) is 1. The molecule has 0 amide bonds.